The number of rotatable bonds is 5. The fraction of sp³-hybridized carbons (Fsp3) is 0.0526. The molecule has 0 saturated heterocycles. The second kappa shape index (κ2) is 7.87. The normalized spacial score (nSPS) is 10.5. The van der Waals surface area contributed by atoms with Gasteiger partial charge in [-0.2, -0.15) is 0 Å². The molecule has 0 amide bonds. The van der Waals surface area contributed by atoms with Crippen molar-refractivity contribution >= 4 is 34.8 Å². The third kappa shape index (κ3) is 4.73. The van der Waals surface area contributed by atoms with Crippen molar-refractivity contribution in [1.82, 2.24) is 0 Å². The average Bonchev–Trinajstić information content (AvgIpc) is 2.57. The summed E-state index contributed by atoms with van der Waals surface area (Å²) in [4.78, 5) is 0. The molecule has 0 bridgehead atoms. The topological polar surface area (TPSA) is 38.7 Å². The molecule has 0 aliphatic carbocycles. The Morgan fingerprint density at radius 1 is 0.760 bits per heavy atom. The fourth-order valence-electron chi connectivity index (χ4n) is 2.14. The van der Waals surface area contributed by atoms with Crippen LogP contribution in [-0.2, 0) is 6.61 Å². The third-order valence-corrected chi connectivity index (χ3v) is 4.10. The van der Waals surface area contributed by atoms with E-state index in [1.165, 1.54) is 12.1 Å². The van der Waals surface area contributed by atoms with Crippen LogP contribution < -0.4 is 9.47 Å². The van der Waals surface area contributed by atoms with Crippen molar-refractivity contribution in [3.05, 3.63) is 81.3 Å². The van der Waals surface area contributed by atoms with Crippen LogP contribution in [0.3, 0.4) is 0 Å². The summed E-state index contributed by atoms with van der Waals surface area (Å²) in [6, 6.07) is 17.4. The van der Waals surface area contributed by atoms with Crippen LogP contribution >= 0.6 is 34.8 Å². The van der Waals surface area contributed by atoms with Crippen LogP contribution in [0, 0.1) is 0 Å². The zero-order valence-electron chi connectivity index (χ0n) is 12.9. The molecular weight excluding hydrogens is 383 g/mol. The van der Waals surface area contributed by atoms with Crippen LogP contribution in [0.25, 0.3) is 0 Å². The number of hydrogen-bond donors (Lipinski definition) is 1. The lowest BCUT2D eigenvalue weighted by molar-refractivity contribution is 0.289. The highest BCUT2D eigenvalue weighted by atomic mass is 35.5. The van der Waals surface area contributed by atoms with Crippen molar-refractivity contribution in [2.45, 2.75) is 6.61 Å². The first-order chi connectivity index (χ1) is 12.0. The SMILES string of the molecule is Oc1cc(Cl)cc(Cl)c1OCc1ccc(Oc2ccc(Cl)cc2)cc1. The zero-order valence-corrected chi connectivity index (χ0v) is 15.1. The molecule has 3 aromatic rings. The number of aromatic hydroxyl groups is 1. The predicted octanol–water partition coefficient (Wildman–Crippen LogP) is 6.72. The Kier molecular flexibility index (Phi) is 5.59. The molecule has 25 heavy (non-hydrogen) atoms. The maximum atomic E-state index is 9.85. The molecule has 0 unspecified atom stereocenters. The molecule has 0 fully saturated rings. The van der Waals surface area contributed by atoms with E-state index in [2.05, 4.69) is 0 Å². The Morgan fingerprint density at radius 3 is 1.96 bits per heavy atom. The summed E-state index contributed by atoms with van der Waals surface area (Å²) in [6.45, 7) is 0.246. The molecule has 1 N–H and O–H groups in total. The molecule has 0 atom stereocenters. The van der Waals surface area contributed by atoms with E-state index in [0.29, 0.717) is 21.5 Å². The maximum absolute atomic E-state index is 9.85. The minimum atomic E-state index is -0.0970. The van der Waals surface area contributed by atoms with E-state index in [9.17, 15) is 5.11 Å². The molecule has 3 aromatic carbocycles. The molecular formula is C19H13Cl3O3. The van der Waals surface area contributed by atoms with Crippen molar-refractivity contribution in [1.29, 1.82) is 0 Å². The van der Waals surface area contributed by atoms with Gasteiger partial charge in [-0.05, 0) is 48.0 Å². The highest BCUT2D eigenvalue weighted by molar-refractivity contribution is 6.35. The van der Waals surface area contributed by atoms with E-state index in [4.69, 9.17) is 44.3 Å². The summed E-state index contributed by atoms with van der Waals surface area (Å²) in [5.41, 5.74) is 0.897. The van der Waals surface area contributed by atoms with Gasteiger partial charge in [0.05, 0.1) is 5.02 Å². The Morgan fingerprint density at radius 2 is 1.36 bits per heavy atom. The first kappa shape index (κ1) is 17.7. The maximum Gasteiger partial charge on any atom is 0.180 e. The first-order valence-corrected chi connectivity index (χ1v) is 8.48. The van der Waals surface area contributed by atoms with E-state index in [1.807, 2.05) is 24.3 Å². The van der Waals surface area contributed by atoms with Gasteiger partial charge in [0.2, 0.25) is 0 Å². The van der Waals surface area contributed by atoms with Gasteiger partial charge in [0, 0.05) is 16.1 Å². The molecule has 0 aliphatic heterocycles. The smallest absolute Gasteiger partial charge is 0.180 e. The van der Waals surface area contributed by atoms with Crippen LogP contribution in [0.15, 0.2) is 60.7 Å². The summed E-state index contributed by atoms with van der Waals surface area (Å²) < 4.78 is 11.3. The molecule has 0 aliphatic rings. The molecule has 0 heterocycles. The standard InChI is InChI=1S/C19H13Cl3O3/c20-13-3-7-16(8-4-13)25-15-5-1-12(2-6-15)11-24-19-17(22)9-14(21)10-18(19)23/h1-10,23H,11H2. The highest BCUT2D eigenvalue weighted by Gasteiger charge is 2.10. The molecule has 6 heteroatoms. The van der Waals surface area contributed by atoms with Gasteiger partial charge in [-0.25, -0.2) is 0 Å². The van der Waals surface area contributed by atoms with E-state index in [1.54, 1.807) is 24.3 Å². The highest BCUT2D eigenvalue weighted by Crippen LogP contribution is 2.37. The minimum Gasteiger partial charge on any atom is -0.504 e. The zero-order chi connectivity index (χ0) is 17.8. The quantitative estimate of drug-likeness (QED) is 0.521. The average molecular weight is 396 g/mol. The van der Waals surface area contributed by atoms with Crippen molar-refractivity contribution < 1.29 is 14.6 Å². The van der Waals surface area contributed by atoms with Gasteiger partial charge in [-0.3, -0.25) is 0 Å². The number of phenols is 1. The summed E-state index contributed by atoms with van der Waals surface area (Å²) in [7, 11) is 0. The molecule has 128 valence electrons. The lowest BCUT2D eigenvalue weighted by Crippen LogP contribution is -1.96. The second-order valence-electron chi connectivity index (χ2n) is 5.22. The summed E-state index contributed by atoms with van der Waals surface area (Å²) in [5, 5.41) is 11.1. The van der Waals surface area contributed by atoms with Gasteiger partial charge in [0.15, 0.2) is 11.5 Å². The van der Waals surface area contributed by atoms with Gasteiger partial charge >= 0.3 is 0 Å². The second-order valence-corrected chi connectivity index (χ2v) is 6.50. The summed E-state index contributed by atoms with van der Waals surface area (Å²) in [6.07, 6.45) is 0. The van der Waals surface area contributed by atoms with Crippen LogP contribution in [0.2, 0.25) is 15.1 Å². The van der Waals surface area contributed by atoms with Crippen LogP contribution in [0.4, 0.5) is 0 Å². The van der Waals surface area contributed by atoms with Crippen molar-refractivity contribution in [3.63, 3.8) is 0 Å². The number of ether oxygens (including phenoxy) is 2. The Labute approximate surface area is 160 Å². The van der Waals surface area contributed by atoms with E-state index in [-0.39, 0.29) is 23.1 Å². The molecule has 0 aromatic heterocycles. The molecule has 0 spiro atoms. The van der Waals surface area contributed by atoms with Gasteiger partial charge in [0.25, 0.3) is 0 Å². The predicted molar refractivity (Wildman–Crippen MR) is 100 cm³/mol. The first-order valence-electron chi connectivity index (χ1n) is 7.34. The van der Waals surface area contributed by atoms with Gasteiger partial charge < -0.3 is 14.6 Å². The van der Waals surface area contributed by atoms with Crippen LogP contribution in [0.1, 0.15) is 5.56 Å². The molecule has 3 nitrogen and oxygen atoms in total. The van der Waals surface area contributed by atoms with Crippen molar-refractivity contribution in [2.75, 3.05) is 0 Å². The molecule has 0 radical (unpaired) electrons. The number of benzene rings is 3. The Bertz CT molecular complexity index is 839. The van der Waals surface area contributed by atoms with E-state index >= 15 is 0 Å². The minimum absolute atomic E-state index is 0.0970. The monoisotopic (exact) mass is 394 g/mol. The lowest BCUT2D eigenvalue weighted by atomic mass is 10.2. The van der Waals surface area contributed by atoms with Crippen LogP contribution in [-0.4, -0.2) is 5.11 Å². The van der Waals surface area contributed by atoms with Crippen molar-refractivity contribution in [3.8, 4) is 23.0 Å². The third-order valence-electron chi connectivity index (χ3n) is 3.34. The Hall–Kier alpha value is -2.07. The largest absolute Gasteiger partial charge is 0.504 e. The van der Waals surface area contributed by atoms with Gasteiger partial charge in [-0.15, -0.1) is 0 Å². The van der Waals surface area contributed by atoms with E-state index in [0.717, 1.165) is 5.56 Å². The van der Waals surface area contributed by atoms with Crippen molar-refractivity contribution in [2.24, 2.45) is 0 Å². The Balaban J connectivity index is 1.64. The number of phenolic OH excluding ortho intramolecular Hbond substituents is 1. The summed E-state index contributed by atoms with van der Waals surface area (Å²) >= 11 is 17.7. The summed E-state index contributed by atoms with van der Waals surface area (Å²) in [5.74, 6) is 1.50. The molecule has 3 rings (SSSR count). The number of hydrogen-bond acceptors (Lipinski definition) is 3. The number of halogens is 3. The van der Waals surface area contributed by atoms with Gasteiger partial charge in [-0.1, -0.05) is 46.9 Å². The van der Waals surface area contributed by atoms with E-state index < -0.39 is 0 Å². The lowest BCUT2D eigenvalue weighted by Gasteiger charge is -2.11. The fourth-order valence-corrected chi connectivity index (χ4v) is 2.80. The van der Waals surface area contributed by atoms with Crippen LogP contribution in [0.5, 0.6) is 23.0 Å². The van der Waals surface area contributed by atoms with Gasteiger partial charge in [0.1, 0.15) is 18.1 Å². The molecule has 0 saturated carbocycles.